The Kier molecular flexibility index (Phi) is 4.93. The fraction of sp³-hybridized carbons (Fsp3) is 0.375. The van der Waals surface area contributed by atoms with E-state index in [9.17, 15) is 5.21 Å². The lowest BCUT2D eigenvalue weighted by molar-refractivity contribution is 0.752. The molecule has 0 fully saturated rings. The molecule has 20 heavy (non-hydrogen) atoms. The van der Waals surface area contributed by atoms with Crippen molar-refractivity contribution in [1.29, 1.82) is 0 Å². The Hall–Kier alpha value is -2.28. The summed E-state index contributed by atoms with van der Waals surface area (Å²) in [5.41, 5.74) is 5.29. The lowest BCUT2D eigenvalue weighted by atomic mass is 9.94. The van der Waals surface area contributed by atoms with Gasteiger partial charge in [0, 0.05) is 23.9 Å². The highest BCUT2D eigenvalue weighted by molar-refractivity contribution is 5.52. The van der Waals surface area contributed by atoms with Crippen molar-refractivity contribution in [3.05, 3.63) is 62.3 Å². The molecule has 0 aliphatic rings. The maximum absolute atomic E-state index is 10.5. The Bertz CT molecular complexity index is 675. The smallest absolute Gasteiger partial charge is 0.337 e. The fourth-order valence-electron chi connectivity index (χ4n) is 2.43. The van der Waals surface area contributed by atoms with Crippen LogP contribution in [0.25, 0.3) is 5.01 Å². The number of hydrogen-bond donors (Lipinski definition) is 0. The van der Waals surface area contributed by atoms with Crippen LogP contribution >= 0.6 is 0 Å². The Labute approximate surface area is 120 Å². The van der Waals surface area contributed by atoms with Crippen LogP contribution in [0.1, 0.15) is 41.1 Å². The zero-order valence-electron chi connectivity index (χ0n) is 11.7. The topological polar surface area (TPSA) is 45.2 Å². The maximum Gasteiger partial charge on any atom is 0.337 e. The molecular weight excluding hydrogens is 250 g/mol. The van der Waals surface area contributed by atoms with Crippen molar-refractivity contribution < 1.29 is 0 Å². The van der Waals surface area contributed by atoms with Crippen molar-refractivity contribution in [1.82, 2.24) is 9.55 Å². The van der Waals surface area contributed by atoms with Crippen LogP contribution in [0.4, 0.5) is 0 Å². The van der Waals surface area contributed by atoms with Crippen LogP contribution in [0.2, 0.25) is 0 Å². The third kappa shape index (κ3) is 2.83. The highest BCUT2D eigenvalue weighted by atomic mass is 16.4. The Morgan fingerprint density at radius 2 is 1.95 bits per heavy atom. The average molecular weight is 271 g/mol. The largest absolute Gasteiger partial charge is 0.498 e. The minimum atomic E-state index is 0. The van der Waals surface area contributed by atoms with E-state index in [4.69, 9.17) is 0 Å². The SMILES string of the molecule is C.Cc1cc(C)c(Cn2ccnc2C)c(C)c1C#[N+][O-]. The van der Waals surface area contributed by atoms with Gasteiger partial charge in [0.15, 0.2) is 0 Å². The van der Waals surface area contributed by atoms with E-state index in [-0.39, 0.29) is 7.43 Å². The number of benzene rings is 1. The van der Waals surface area contributed by atoms with Crippen molar-refractivity contribution in [2.45, 2.75) is 41.7 Å². The molecule has 0 unspecified atom stereocenters. The molecule has 0 saturated heterocycles. The molecule has 0 spiro atoms. The van der Waals surface area contributed by atoms with Crippen molar-refractivity contribution in [2.75, 3.05) is 0 Å². The first kappa shape index (κ1) is 15.8. The molecule has 1 aromatic heterocycles. The van der Waals surface area contributed by atoms with E-state index >= 15 is 0 Å². The molecule has 0 saturated carbocycles. The molecule has 106 valence electrons. The van der Waals surface area contributed by atoms with Gasteiger partial charge in [-0.2, -0.15) is 0 Å². The van der Waals surface area contributed by atoms with E-state index in [1.54, 1.807) is 6.20 Å². The predicted octanol–water partition coefficient (Wildman–Crippen LogP) is 3.98. The summed E-state index contributed by atoms with van der Waals surface area (Å²) >= 11 is 0. The molecule has 2 aromatic rings. The van der Waals surface area contributed by atoms with Gasteiger partial charge in [-0.3, -0.25) is 0 Å². The summed E-state index contributed by atoms with van der Waals surface area (Å²) in [6.45, 7) is 8.79. The van der Waals surface area contributed by atoms with Gasteiger partial charge in [-0.1, -0.05) is 13.5 Å². The summed E-state index contributed by atoms with van der Waals surface area (Å²) < 4.78 is 2.09. The van der Waals surface area contributed by atoms with Crippen molar-refractivity contribution in [3.8, 4) is 6.07 Å². The average Bonchev–Trinajstić information content (AvgIpc) is 2.76. The number of aromatic nitrogens is 2. The van der Waals surface area contributed by atoms with Gasteiger partial charge in [-0.25, -0.2) is 4.98 Å². The van der Waals surface area contributed by atoms with Gasteiger partial charge < -0.3 is 9.77 Å². The maximum atomic E-state index is 10.5. The van der Waals surface area contributed by atoms with E-state index in [1.807, 2.05) is 27.0 Å². The molecule has 0 aliphatic heterocycles. The number of rotatable bonds is 2. The molecule has 0 radical (unpaired) electrons. The van der Waals surface area contributed by atoms with Crippen LogP contribution in [0.15, 0.2) is 18.5 Å². The van der Waals surface area contributed by atoms with Crippen molar-refractivity contribution >= 4 is 0 Å². The third-order valence-electron chi connectivity index (χ3n) is 3.54. The van der Waals surface area contributed by atoms with Crippen LogP contribution in [0.5, 0.6) is 0 Å². The molecule has 4 nitrogen and oxygen atoms in total. The number of hydrogen-bond acceptors (Lipinski definition) is 2. The van der Waals surface area contributed by atoms with Crippen molar-refractivity contribution in [3.63, 3.8) is 0 Å². The summed E-state index contributed by atoms with van der Waals surface area (Å²) in [5, 5.41) is 13.3. The summed E-state index contributed by atoms with van der Waals surface area (Å²) in [6, 6.07) is 4.62. The first-order valence-corrected chi connectivity index (χ1v) is 6.20. The first-order valence-electron chi connectivity index (χ1n) is 6.20. The number of imidazole rings is 1. The van der Waals surface area contributed by atoms with Crippen LogP contribution < -0.4 is 0 Å². The van der Waals surface area contributed by atoms with Gasteiger partial charge in [0.05, 0.1) is 0 Å². The molecule has 1 aromatic carbocycles. The minimum Gasteiger partial charge on any atom is -0.498 e. The lowest BCUT2D eigenvalue weighted by Crippen LogP contribution is -2.07. The van der Waals surface area contributed by atoms with Crippen LogP contribution in [0.3, 0.4) is 0 Å². The van der Waals surface area contributed by atoms with Gasteiger partial charge in [-0.05, 0) is 49.9 Å². The lowest BCUT2D eigenvalue weighted by Gasteiger charge is -2.14. The number of nitrogens with zero attached hydrogens (tertiary/aromatic N) is 3. The monoisotopic (exact) mass is 271 g/mol. The van der Waals surface area contributed by atoms with E-state index in [0.717, 1.165) is 29.1 Å². The first-order chi connectivity index (χ1) is 9.04. The van der Waals surface area contributed by atoms with Gasteiger partial charge in [0.25, 0.3) is 0 Å². The second-order valence-electron chi connectivity index (χ2n) is 4.79. The molecule has 0 amide bonds. The van der Waals surface area contributed by atoms with E-state index in [2.05, 4.69) is 33.6 Å². The fourth-order valence-corrected chi connectivity index (χ4v) is 2.43. The molecule has 1 heterocycles. The van der Waals surface area contributed by atoms with Crippen LogP contribution in [0, 0.1) is 39.0 Å². The summed E-state index contributed by atoms with van der Waals surface area (Å²) in [4.78, 5) is 4.23. The Balaban J connectivity index is 0.00000200. The van der Waals surface area contributed by atoms with Gasteiger partial charge in [0.2, 0.25) is 0 Å². The molecule has 4 heteroatoms. The zero-order chi connectivity index (χ0) is 14.0. The molecule has 0 bridgehead atoms. The quantitative estimate of drug-likeness (QED) is 0.775. The van der Waals surface area contributed by atoms with Gasteiger partial charge in [0.1, 0.15) is 11.4 Å². The standard InChI is InChI=1S/C15H17N3O.CH4/c1-10-7-11(2)15(12(3)14(10)8-17-19)9-18-6-5-16-13(18)4;/h5-7H,9H2,1-4H3;1H4. The Morgan fingerprint density at radius 1 is 1.25 bits per heavy atom. The Morgan fingerprint density at radius 3 is 2.50 bits per heavy atom. The van der Waals surface area contributed by atoms with E-state index in [1.165, 1.54) is 11.1 Å². The summed E-state index contributed by atoms with van der Waals surface area (Å²) in [5.74, 6) is 0.974. The van der Waals surface area contributed by atoms with Crippen molar-refractivity contribution in [2.24, 2.45) is 0 Å². The molecule has 0 atom stereocenters. The zero-order valence-corrected chi connectivity index (χ0v) is 11.7. The predicted molar refractivity (Wildman–Crippen MR) is 83.2 cm³/mol. The highest BCUT2D eigenvalue weighted by Crippen LogP contribution is 2.23. The van der Waals surface area contributed by atoms with Crippen LogP contribution in [-0.2, 0) is 6.54 Å². The second-order valence-corrected chi connectivity index (χ2v) is 4.79. The third-order valence-corrected chi connectivity index (χ3v) is 3.54. The van der Waals surface area contributed by atoms with Gasteiger partial charge >= 0.3 is 6.07 Å². The molecule has 2 rings (SSSR count). The minimum absolute atomic E-state index is 0. The molecular formula is C16H21N3O. The van der Waals surface area contributed by atoms with E-state index < -0.39 is 0 Å². The van der Waals surface area contributed by atoms with Gasteiger partial charge in [-0.15, -0.1) is 0 Å². The van der Waals surface area contributed by atoms with Crippen LogP contribution in [-0.4, -0.2) is 9.55 Å². The number of aryl methyl sites for hydroxylation is 3. The highest BCUT2D eigenvalue weighted by Gasteiger charge is 2.14. The molecule has 0 N–H and O–H groups in total. The van der Waals surface area contributed by atoms with E-state index in [0.29, 0.717) is 0 Å². The summed E-state index contributed by atoms with van der Waals surface area (Å²) in [6.07, 6.45) is 3.75. The second kappa shape index (κ2) is 6.25. The summed E-state index contributed by atoms with van der Waals surface area (Å²) in [7, 11) is 0. The molecule has 0 aliphatic carbocycles. The normalized spacial score (nSPS) is 9.60.